The second-order valence-corrected chi connectivity index (χ2v) is 10.4. The molecule has 0 aromatic heterocycles. The number of likely N-dealkylation sites (tertiary alicyclic amines) is 1. The molecule has 2 aliphatic carbocycles. The molecule has 1 fully saturated rings. The molecule has 7 heteroatoms. The SMILES string of the molecule is CCC(C=NC)=CNCN1CCC(COC2=CCC(C3=CCC(C(=O)N(CC)CCO)CC3)C=C2)CC1. The fourth-order valence-corrected chi connectivity index (χ4v) is 5.43. The van der Waals surface area contributed by atoms with Crippen molar-refractivity contribution in [3.05, 3.63) is 47.4 Å². The Labute approximate surface area is 224 Å². The van der Waals surface area contributed by atoms with Crippen molar-refractivity contribution in [2.24, 2.45) is 22.7 Å². The van der Waals surface area contributed by atoms with Crippen LogP contribution in [0.2, 0.25) is 0 Å². The van der Waals surface area contributed by atoms with Gasteiger partial charge in [0.1, 0.15) is 5.76 Å². The number of amides is 1. The molecule has 2 N–H and O–H groups in total. The van der Waals surface area contributed by atoms with Gasteiger partial charge in [0.15, 0.2) is 0 Å². The van der Waals surface area contributed by atoms with E-state index in [4.69, 9.17) is 4.74 Å². The van der Waals surface area contributed by atoms with E-state index in [1.807, 2.05) is 20.2 Å². The van der Waals surface area contributed by atoms with Crippen molar-refractivity contribution in [2.75, 3.05) is 53.1 Å². The molecule has 3 rings (SSSR count). The maximum atomic E-state index is 12.7. The van der Waals surface area contributed by atoms with Gasteiger partial charge in [0.25, 0.3) is 0 Å². The number of carbonyl (C=O) groups excluding carboxylic acids is 1. The van der Waals surface area contributed by atoms with Gasteiger partial charge < -0.3 is 20.1 Å². The third-order valence-electron chi connectivity index (χ3n) is 7.90. The molecule has 1 heterocycles. The summed E-state index contributed by atoms with van der Waals surface area (Å²) in [4.78, 5) is 21.0. The monoisotopic (exact) mass is 512 g/mol. The number of aliphatic hydroxyl groups is 1. The minimum Gasteiger partial charge on any atom is -0.494 e. The first-order valence-corrected chi connectivity index (χ1v) is 14.2. The second kappa shape index (κ2) is 15.8. The third-order valence-corrected chi connectivity index (χ3v) is 7.90. The third kappa shape index (κ3) is 9.15. The van der Waals surface area contributed by atoms with Crippen LogP contribution >= 0.6 is 0 Å². The Hall–Kier alpha value is -2.38. The minimum atomic E-state index is 0.0287. The normalized spacial score (nSPS) is 23.6. The second-order valence-electron chi connectivity index (χ2n) is 10.4. The van der Waals surface area contributed by atoms with E-state index >= 15 is 0 Å². The molecule has 206 valence electrons. The lowest BCUT2D eigenvalue weighted by molar-refractivity contribution is -0.136. The summed E-state index contributed by atoms with van der Waals surface area (Å²) in [7, 11) is 1.81. The van der Waals surface area contributed by atoms with Gasteiger partial charge in [0.2, 0.25) is 5.91 Å². The molecule has 0 aromatic rings. The fraction of sp³-hybridized carbons (Fsp3) is 0.667. The standard InChI is InChI=1S/C30H48N4O3/c1-4-24(20-31-3)21-32-23-33-16-14-25(15-17-33)22-37-29-12-10-27(11-13-29)26-6-8-28(9-7-26)30(36)34(5-2)18-19-35/h6,10,12-13,20-21,25,27-28,32,35H,4-5,7-9,11,14-19,22-23H2,1-3H3. The number of aliphatic hydroxyl groups excluding tert-OH is 1. The first-order chi connectivity index (χ1) is 18.1. The summed E-state index contributed by atoms with van der Waals surface area (Å²) in [6.07, 6.45) is 19.9. The van der Waals surface area contributed by atoms with Gasteiger partial charge in [-0.1, -0.05) is 24.6 Å². The fourth-order valence-electron chi connectivity index (χ4n) is 5.43. The van der Waals surface area contributed by atoms with Gasteiger partial charge in [0, 0.05) is 57.5 Å². The van der Waals surface area contributed by atoms with Crippen molar-refractivity contribution in [3.8, 4) is 0 Å². The Morgan fingerprint density at radius 3 is 2.65 bits per heavy atom. The molecular weight excluding hydrogens is 464 g/mol. The van der Waals surface area contributed by atoms with E-state index in [2.05, 4.69) is 52.6 Å². The number of hydrogen-bond donors (Lipinski definition) is 2. The number of carbonyl (C=O) groups is 1. The number of allylic oxidation sites excluding steroid dienone is 6. The Kier molecular flexibility index (Phi) is 12.4. The molecule has 1 amide bonds. The van der Waals surface area contributed by atoms with E-state index in [-0.39, 0.29) is 18.4 Å². The van der Waals surface area contributed by atoms with Crippen molar-refractivity contribution in [2.45, 2.75) is 58.8 Å². The van der Waals surface area contributed by atoms with Crippen LogP contribution in [-0.2, 0) is 9.53 Å². The predicted octanol–water partition coefficient (Wildman–Crippen LogP) is 4.28. The molecule has 0 spiro atoms. The average molecular weight is 513 g/mol. The maximum absolute atomic E-state index is 12.7. The highest BCUT2D eigenvalue weighted by Gasteiger charge is 2.27. The summed E-state index contributed by atoms with van der Waals surface area (Å²) >= 11 is 0. The van der Waals surface area contributed by atoms with Gasteiger partial charge in [-0.05, 0) is 75.5 Å². The van der Waals surface area contributed by atoms with Crippen molar-refractivity contribution in [3.63, 3.8) is 0 Å². The number of nitrogens with zero attached hydrogens (tertiary/aromatic N) is 3. The van der Waals surface area contributed by atoms with Gasteiger partial charge in [-0.25, -0.2) is 0 Å². The molecule has 1 aliphatic heterocycles. The number of nitrogens with one attached hydrogen (secondary N) is 1. The highest BCUT2D eigenvalue weighted by Crippen LogP contribution is 2.34. The van der Waals surface area contributed by atoms with Crippen molar-refractivity contribution >= 4 is 12.1 Å². The lowest BCUT2D eigenvalue weighted by Gasteiger charge is -2.32. The van der Waals surface area contributed by atoms with Crippen molar-refractivity contribution in [1.82, 2.24) is 15.1 Å². The lowest BCUT2D eigenvalue weighted by Crippen LogP contribution is -2.39. The first-order valence-electron chi connectivity index (χ1n) is 14.2. The van der Waals surface area contributed by atoms with E-state index in [9.17, 15) is 9.90 Å². The van der Waals surface area contributed by atoms with E-state index in [0.29, 0.717) is 24.9 Å². The quantitative estimate of drug-likeness (QED) is 0.284. The van der Waals surface area contributed by atoms with Gasteiger partial charge >= 0.3 is 0 Å². The summed E-state index contributed by atoms with van der Waals surface area (Å²) in [6.45, 7) is 9.12. The molecule has 1 saturated heterocycles. The first kappa shape index (κ1) is 29.2. The van der Waals surface area contributed by atoms with Crippen LogP contribution in [0.5, 0.6) is 0 Å². The number of likely N-dealkylation sites (N-methyl/N-ethyl adjacent to an activating group) is 1. The minimum absolute atomic E-state index is 0.0287. The summed E-state index contributed by atoms with van der Waals surface area (Å²) in [5.41, 5.74) is 2.67. The van der Waals surface area contributed by atoms with Crippen LogP contribution in [0.25, 0.3) is 0 Å². The molecule has 2 atom stereocenters. The van der Waals surface area contributed by atoms with Crippen LogP contribution < -0.4 is 5.32 Å². The van der Waals surface area contributed by atoms with E-state index in [1.54, 1.807) is 4.90 Å². The molecule has 0 radical (unpaired) electrons. The van der Waals surface area contributed by atoms with Crippen molar-refractivity contribution in [1.29, 1.82) is 0 Å². The number of hydrogen-bond acceptors (Lipinski definition) is 6. The number of ether oxygens (including phenoxy) is 1. The topological polar surface area (TPSA) is 77.4 Å². The van der Waals surface area contributed by atoms with E-state index in [1.165, 1.54) is 24.0 Å². The number of piperidine rings is 1. The summed E-state index contributed by atoms with van der Waals surface area (Å²) in [5, 5.41) is 12.6. The summed E-state index contributed by atoms with van der Waals surface area (Å²) in [6, 6.07) is 0. The van der Waals surface area contributed by atoms with Crippen molar-refractivity contribution < 1.29 is 14.6 Å². The van der Waals surface area contributed by atoms with E-state index in [0.717, 1.165) is 64.2 Å². The Morgan fingerprint density at radius 2 is 2.05 bits per heavy atom. The number of aliphatic imine (C=N–C) groups is 1. The molecule has 0 aromatic carbocycles. The lowest BCUT2D eigenvalue weighted by atomic mass is 9.81. The van der Waals surface area contributed by atoms with Crippen LogP contribution in [0.15, 0.2) is 52.4 Å². The highest BCUT2D eigenvalue weighted by molar-refractivity contribution is 5.79. The smallest absolute Gasteiger partial charge is 0.226 e. The molecule has 2 unspecified atom stereocenters. The zero-order valence-corrected chi connectivity index (χ0v) is 23.2. The molecular formula is C30H48N4O3. The van der Waals surface area contributed by atoms with Crippen LogP contribution in [0.1, 0.15) is 58.8 Å². The Bertz CT molecular complexity index is 868. The van der Waals surface area contributed by atoms with Crippen LogP contribution in [-0.4, -0.2) is 80.1 Å². The van der Waals surface area contributed by atoms with Crippen LogP contribution in [0.4, 0.5) is 0 Å². The van der Waals surface area contributed by atoms with E-state index < -0.39 is 0 Å². The highest BCUT2D eigenvalue weighted by atomic mass is 16.5. The predicted molar refractivity (Wildman–Crippen MR) is 151 cm³/mol. The molecule has 0 saturated carbocycles. The largest absolute Gasteiger partial charge is 0.494 e. The Morgan fingerprint density at radius 1 is 1.24 bits per heavy atom. The summed E-state index contributed by atoms with van der Waals surface area (Å²) in [5.74, 6) is 2.28. The molecule has 3 aliphatic rings. The van der Waals surface area contributed by atoms with Gasteiger partial charge in [-0.2, -0.15) is 0 Å². The maximum Gasteiger partial charge on any atom is 0.226 e. The van der Waals surface area contributed by atoms with Gasteiger partial charge in [-0.15, -0.1) is 0 Å². The number of rotatable bonds is 13. The zero-order chi connectivity index (χ0) is 26.5. The molecule has 0 bridgehead atoms. The van der Waals surface area contributed by atoms with Crippen LogP contribution in [0.3, 0.4) is 0 Å². The van der Waals surface area contributed by atoms with Gasteiger partial charge in [-0.3, -0.25) is 14.7 Å². The molecule has 7 nitrogen and oxygen atoms in total. The zero-order valence-electron chi connectivity index (χ0n) is 23.2. The average Bonchev–Trinajstić information content (AvgIpc) is 2.95. The van der Waals surface area contributed by atoms with Crippen LogP contribution in [0, 0.1) is 17.8 Å². The van der Waals surface area contributed by atoms with Gasteiger partial charge in [0.05, 0.1) is 19.9 Å². The molecule has 37 heavy (non-hydrogen) atoms. The Balaban J connectivity index is 1.34. The summed E-state index contributed by atoms with van der Waals surface area (Å²) < 4.78 is 6.18.